The number of hydrogen-bond donors (Lipinski definition) is 1. The van der Waals surface area contributed by atoms with Crippen molar-refractivity contribution in [1.29, 1.82) is 0 Å². The molecule has 0 amide bonds. The number of carbonyl (C=O) groups is 1. The SMILES string of the molecule is CN(CCCC(=O)O)Cc1ccncc1. The molecule has 82 valence electrons. The molecule has 15 heavy (non-hydrogen) atoms. The normalized spacial score (nSPS) is 10.5. The van der Waals surface area contributed by atoms with Gasteiger partial charge in [-0.15, -0.1) is 0 Å². The molecule has 0 fully saturated rings. The standard InChI is InChI=1S/C11H16N2O2/c1-13(8-2-3-11(14)15)9-10-4-6-12-7-5-10/h4-7H,2-3,8-9H2,1H3,(H,14,15). The lowest BCUT2D eigenvalue weighted by Gasteiger charge is -2.15. The molecule has 1 aromatic heterocycles. The van der Waals surface area contributed by atoms with E-state index in [4.69, 9.17) is 5.11 Å². The van der Waals surface area contributed by atoms with Crippen LogP contribution >= 0.6 is 0 Å². The molecular formula is C11H16N2O2. The van der Waals surface area contributed by atoms with E-state index in [1.54, 1.807) is 12.4 Å². The number of aromatic nitrogens is 1. The van der Waals surface area contributed by atoms with Crippen LogP contribution in [0.2, 0.25) is 0 Å². The zero-order valence-electron chi connectivity index (χ0n) is 8.89. The lowest BCUT2D eigenvalue weighted by Crippen LogP contribution is -2.19. The van der Waals surface area contributed by atoms with E-state index in [1.165, 1.54) is 5.56 Å². The Balaban J connectivity index is 2.24. The van der Waals surface area contributed by atoms with Crippen LogP contribution in [0.15, 0.2) is 24.5 Å². The van der Waals surface area contributed by atoms with E-state index in [0.717, 1.165) is 13.1 Å². The van der Waals surface area contributed by atoms with Crippen molar-refractivity contribution < 1.29 is 9.90 Å². The molecule has 0 bridgehead atoms. The third-order valence-corrected chi connectivity index (χ3v) is 2.13. The fourth-order valence-electron chi connectivity index (χ4n) is 1.38. The summed E-state index contributed by atoms with van der Waals surface area (Å²) in [4.78, 5) is 16.4. The number of pyridine rings is 1. The zero-order chi connectivity index (χ0) is 11.1. The molecule has 1 N–H and O–H groups in total. The minimum atomic E-state index is -0.729. The summed E-state index contributed by atoms with van der Waals surface area (Å²) >= 11 is 0. The maximum atomic E-state index is 10.3. The highest BCUT2D eigenvalue weighted by Gasteiger charge is 2.01. The van der Waals surface area contributed by atoms with Crippen molar-refractivity contribution in [3.05, 3.63) is 30.1 Å². The third-order valence-electron chi connectivity index (χ3n) is 2.13. The topological polar surface area (TPSA) is 53.4 Å². The van der Waals surface area contributed by atoms with E-state index >= 15 is 0 Å². The van der Waals surface area contributed by atoms with Crippen molar-refractivity contribution in [1.82, 2.24) is 9.88 Å². The van der Waals surface area contributed by atoms with Crippen molar-refractivity contribution in [2.75, 3.05) is 13.6 Å². The van der Waals surface area contributed by atoms with Crippen molar-refractivity contribution in [2.24, 2.45) is 0 Å². The Bertz CT molecular complexity index is 301. The summed E-state index contributed by atoms with van der Waals surface area (Å²) in [6.45, 7) is 1.64. The quantitative estimate of drug-likeness (QED) is 0.767. The van der Waals surface area contributed by atoms with Crippen molar-refractivity contribution in [2.45, 2.75) is 19.4 Å². The van der Waals surface area contributed by atoms with Crippen LogP contribution in [0.25, 0.3) is 0 Å². The number of carboxylic acid groups (broad SMARTS) is 1. The van der Waals surface area contributed by atoms with Crippen LogP contribution in [0.5, 0.6) is 0 Å². The maximum Gasteiger partial charge on any atom is 0.303 e. The summed E-state index contributed by atoms with van der Waals surface area (Å²) in [5.41, 5.74) is 1.20. The fourth-order valence-corrected chi connectivity index (χ4v) is 1.38. The lowest BCUT2D eigenvalue weighted by atomic mass is 10.2. The van der Waals surface area contributed by atoms with Gasteiger partial charge in [-0.05, 0) is 37.7 Å². The molecule has 4 nitrogen and oxygen atoms in total. The molecular weight excluding hydrogens is 192 g/mol. The molecule has 0 saturated carbocycles. The Morgan fingerprint density at radius 2 is 2.13 bits per heavy atom. The monoisotopic (exact) mass is 208 g/mol. The Morgan fingerprint density at radius 1 is 1.47 bits per heavy atom. The molecule has 0 spiro atoms. The molecule has 0 aromatic carbocycles. The van der Waals surface area contributed by atoms with Crippen LogP contribution in [-0.4, -0.2) is 34.6 Å². The van der Waals surface area contributed by atoms with Gasteiger partial charge in [0.15, 0.2) is 0 Å². The van der Waals surface area contributed by atoms with Crippen LogP contribution in [0, 0.1) is 0 Å². The lowest BCUT2D eigenvalue weighted by molar-refractivity contribution is -0.137. The van der Waals surface area contributed by atoms with Gasteiger partial charge in [-0.3, -0.25) is 9.78 Å². The predicted octanol–water partition coefficient (Wildman–Crippen LogP) is 1.38. The number of nitrogens with zero attached hydrogens (tertiary/aromatic N) is 2. The first-order chi connectivity index (χ1) is 7.18. The summed E-state index contributed by atoms with van der Waals surface area (Å²) in [5, 5.41) is 8.49. The van der Waals surface area contributed by atoms with Gasteiger partial charge < -0.3 is 10.0 Å². The number of hydrogen-bond acceptors (Lipinski definition) is 3. The van der Waals surface area contributed by atoms with Crippen LogP contribution in [0.4, 0.5) is 0 Å². The van der Waals surface area contributed by atoms with Crippen LogP contribution in [0.3, 0.4) is 0 Å². The van der Waals surface area contributed by atoms with Crippen molar-refractivity contribution >= 4 is 5.97 Å². The van der Waals surface area contributed by atoms with E-state index in [2.05, 4.69) is 9.88 Å². The third kappa shape index (κ3) is 5.12. The second kappa shape index (κ2) is 6.14. The summed E-state index contributed by atoms with van der Waals surface area (Å²) in [5.74, 6) is -0.729. The molecule has 0 atom stereocenters. The van der Waals surface area contributed by atoms with Gasteiger partial charge in [0.25, 0.3) is 0 Å². The number of aliphatic carboxylic acids is 1. The molecule has 1 heterocycles. The number of carboxylic acids is 1. The molecule has 0 aliphatic heterocycles. The van der Waals surface area contributed by atoms with Crippen LogP contribution in [-0.2, 0) is 11.3 Å². The van der Waals surface area contributed by atoms with Gasteiger partial charge in [-0.1, -0.05) is 0 Å². The van der Waals surface area contributed by atoms with E-state index in [-0.39, 0.29) is 6.42 Å². The number of rotatable bonds is 6. The van der Waals surface area contributed by atoms with Crippen molar-refractivity contribution in [3.63, 3.8) is 0 Å². The molecule has 0 saturated heterocycles. The first-order valence-corrected chi connectivity index (χ1v) is 4.97. The highest BCUT2D eigenvalue weighted by Crippen LogP contribution is 2.02. The van der Waals surface area contributed by atoms with E-state index in [1.807, 2.05) is 19.2 Å². The van der Waals surface area contributed by atoms with Crippen LogP contribution < -0.4 is 0 Å². The Labute approximate surface area is 89.6 Å². The zero-order valence-corrected chi connectivity index (χ0v) is 8.89. The second-order valence-electron chi connectivity index (χ2n) is 3.59. The second-order valence-corrected chi connectivity index (χ2v) is 3.59. The Kier molecular flexibility index (Phi) is 4.77. The molecule has 0 aliphatic rings. The largest absolute Gasteiger partial charge is 0.481 e. The van der Waals surface area contributed by atoms with Crippen molar-refractivity contribution in [3.8, 4) is 0 Å². The fraction of sp³-hybridized carbons (Fsp3) is 0.455. The van der Waals surface area contributed by atoms with Gasteiger partial charge in [0, 0.05) is 25.4 Å². The average molecular weight is 208 g/mol. The smallest absolute Gasteiger partial charge is 0.303 e. The average Bonchev–Trinajstić information content (AvgIpc) is 2.18. The summed E-state index contributed by atoms with van der Waals surface area (Å²) in [7, 11) is 1.99. The first-order valence-electron chi connectivity index (χ1n) is 4.97. The maximum absolute atomic E-state index is 10.3. The van der Waals surface area contributed by atoms with Gasteiger partial charge >= 0.3 is 5.97 Å². The molecule has 4 heteroatoms. The van der Waals surface area contributed by atoms with Gasteiger partial charge in [0.2, 0.25) is 0 Å². The predicted molar refractivity (Wildman–Crippen MR) is 57.4 cm³/mol. The van der Waals surface area contributed by atoms with Gasteiger partial charge in [0.1, 0.15) is 0 Å². The molecule has 1 rings (SSSR count). The molecule has 0 aliphatic carbocycles. The van der Waals surface area contributed by atoms with E-state index in [0.29, 0.717) is 6.42 Å². The van der Waals surface area contributed by atoms with Gasteiger partial charge in [0.05, 0.1) is 0 Å². The van der Waals surface area contributed by atoms with E-state index in [9.17, 15) is 4.79 Å². The summed E-state index contributed by atoms with van der Waals surface area (Å²) < 4.78 is 0. The van der Waals surface area contributed by atoms with Gasteiger partial charge in [-0.2, -0.15) is 0 Å². The molecule has 0 unspecified atom stereocenters. The van der Waals surface area contributed by atoms with Crippen LogP contribution in [0.1, 0.15) is 18.4 Å². The molecule has 0 radical (unpaired) electrons. The highest BCUT2D eigenvalue weighted by molar-refractivity contribution is 5.66. The molecule has 1 aromatic rings. The van der Waals surface area contributed by atoms with Gasteiger partial charge in [-0.25, -0.2) is 0 Å². The Morgan fingerprint density at radius 3 is 2.73 bits per heavy atom. The Hall–Kier alpha value is -1.42. The summed E-state index contributed by atoms with van der Waals surface area (Å²) in [6, 6.07) is 3.93. The summed E-state index contributed by atoms with van der Waals surface area (Å²) in [6.07, 6.45) is 4.46. The first kappa shape index (κ1) is 11.7. The minimum Gasteiger partial charge on any atom is -0.481 e. The minimum absolute atomic E-state index is 0.237. The van der Waals surface area contributed by atoms with E-state index < -0.39 is 5.97 Å². The highest BCUT2D eigenvalue weighted by atomic mass is 16.4.